The number of carbonyl (C=O) groups is 1. The Balaban J connectivity index is 1.51. The van der Waals surface area contributed by atoms with Gasteiger partial charge in [-0.2, -0.15) is 0 Å². The molecule has 0 bridgehead atoms. The fourth-order valence-electron chi connectivity index (χ4n) is 4.30. The van der Waals surface area contributed by atoms with Gasteiger partial charge in [0.1, 0.15) is 22.2 Å². The summed E-state index contributed by atoms with van der Waals surface area (Å²) in [5.74, 6) is -0.158. The first-order chi connectivity index (χ1) is 18.9. The highest BCUT2D eigenvalue weighted by molar-refractivity contribution is 8.03. The normalized spacial score (nSPS) is 11.6. The van der Waals surface area contributed by atoms with E-state index in [1.807, 2.05) is 35.8 Å². The average molecular weight is 546 g/mol. The van der Waals surface area contributed by atoms with Gasteiger partial charge >= 0.3 is 5.97 Å². The first-order valence-electron chi connectivity index (χ1n) is 11.9. The monoisotopic (exact) mass is 545 g/mol. The number of carboxylic acids is 1. The lowest BCUT2D eigenvalue weighted by molar-refractivity contribution is -0.131. The molecule has 0 saturated heterocycles. The van der Waals surface area contributed by atoms with Gasteiger partial charge in [0, 0.05) is 39.4 Å². The fourth-order valence-corrected chi connectivity index (χ4v) is 4.95. The number of benzene rings is 3. The first kappa shape index (κ1) is 26.1. The minimum absolute atomic E-state index is 0.00897. The van der Waals surface area contributed by atoms with Crippen LogP contribution in [-0.4, -0.2) is 40.1 Å². The van der Waals surface area contributed by atoms with Crippen molar-refractivity contribution in [2.24, 2.45) is 0 Å². The zero-order valence-corrected chi connectivity index (χ0v) is 22.2. The zero-order valence-electron chi connectivity index (χ0n) is 21.3. The van der Waals surface area contributed by atoms with Crippen molar-refractivity contribution >= 4 is 34.7 Å². The van der Waals surface area contributed by atoms with Crippen molar-refractivity contribution in [2.45, 2.75) is 18.7 Å². The molecule has 5 aromatic rings. The van der Waals surface area contributed by atoms with Crippen molar-refractivity contribution in [3.8, 4) is 23.0 Å². The lowest BCUT2D eigenvalue weighted by Gasteiger charge is -2.09. The van der Waals surface area contributed by atoms with E-state index in [-0.39, 0.29) is 21.8 Å². The Morgan fingerprint density at radius 3 is 2.44 bits per heavy atom. The summed E-state index contributed by atoms with van der Waals surface area (Å²) in [5.41, 5.74) is 3.49. The molecule has 0 amide bonds. The number of aromatic nitrogens is 3. The molecule has 0 aliphatic rings. The van der Waals surface area contributed by atoms with Gasteiger partial charge in [0.25, 0.3) is 5.22 Å². The predicted octanol–water partition coefficient (Wildman–Crippen LogP) is 6.42. The topological polar surface area (TPSA) is 99.6 Å². The molecule has 5 rings (SSSR count). The molecule has 0 atom stereocenters. The van der Waals surface area contributed by atoms with Crippen molar-refractivity contribution < 1.29 is 28.2 Å². The molecule has 39 heavy (non-hydrogen) atoms. The first-order valence-corrected chi connectivity index (χ1v) is 12.7. The standard InChI is InChI=1S/C29H24FN3O5S/c1-17-23(22-9-5-7-11-25(22)33(17)16-18-8-4-6-10-24(18)30)15-26(28(34)35)39-29-32-31-27(38-29)19-12-20(36-2)14-21(13-19)37-3/h4-15H,16H2,1-3H3,(H,34,35)/b26-15-. The van der Waals surface area contributed by atoms with Crippen molar-refractivity contribution in [1.82, 2.24) is 14.8 Å². The molecule has 0 spiro atoms. The number of rotatable bonds is 9. The van der Waals surface area contributed by atoms with Gasteiger partial charge in [0.05, 0.1) is 20.8 Å². The van der Waals surface area contributed by atoms with Gasteiger partial charge in [0.15, 0.2) is 0 Å². The number of methoxy groups -OCH3 is 2. The Morgan fingerprint density at radius 2 is 1.74 bits per heavy atom. The maximum atomic E-state index is 14.4. The van der Waals surface area contributed by atoms with Gasteiger partial charge in [-0.05, 0) is 49.0 Å². The molecule has 3 aromatic carbocycles. The number of halogens is 1. The number of thioether (sulfide) groups is 1. The molecule has 0 unspecified atom stereocenters. The van der Waals surface area contributed by atoms with Crippen LogP contribution >= 0.6 is 11.8 Å². The molecule has 2 heterocycles. The van der Waals surface area contributed by atoms with Crippen molar-refractivity contribution in [3.63, 3.8) is 0 Å². The molecule has 0 fully saturated rings. The van der Waals surface area contributed by atoms with Crippen molar-refractivity contribution in [2.75, 3.05) is 14.2 Å². The zero-order chi connectivity index (χ0) is 27.5. The summed E-state index contributed by atoms with van der Waals surface area (Å²) < 4.78 is 32.8. The summed E-state index contributed by atoms with van der Waals surface area (Å²) in [6.45, 7) is 2.19. The second-order valence-corrected chi connectivity index (χ2v) is 9.58. The maximum absolute atomic E-state index is 14.4. The Hall–Kier alpha value is -4.57. The maximum Gasteiger partial charge on any atom is 0.342 e. The molecular weight excluding hydrogens is 521 g/mol. The van der Waals surface area contributed by atoms with Crippen LogP contribution in [0.15, 0.2) is 81.3 Å². The number of para-hydroxylation sites is 1. The van der Waals surface area contributed by atoms with Crippen LogP contribution in [0.25, 0.3) is 28.4 Å². The van der Waals surface area contributed by atoms with Crippen LogP contribution < -0.4 is 9.47 Å². The third-order valence-electron chi connectivity index (χ3n) is 6.25. The number of nitrogens with zero attached hydrogens (tertiary/aromatic N) is 3. The summed E-state index contributed by atoms with van der Waals surface area (Å²) >= 11 is 0.850. The van der Waals surface area contributed by atoms with Crippen LogP contribution in [0.2, 0.25) is 0 Å². The lowest BCUT2D eigenvalue weighted by Crippen LogP contribution is -2.04. The van der Waals surface area contributed by atoms with Gasteiger partial charge < -0.3 is 23.6 Å². The highest BCUT2D eigenvalue weighted by atomic mass is 32.2. The summed E-state index contributed by atoms with van der Waals surface area (Å²) in [6, 6.07) is 19.4. The number of ether oxygens (including phenoxy) is 2. The summed E-state index contributed by atoms with van der Waals surface area (Å²) in [7, 11) is 3.07. The summed E-state index contributed by atoms with van der Waals surface area (Å²) in [5, 5.41) is 19.1. The highest BCUT2D eigenvalue weighted by Crippen LogP contribution is 2.35. The highest BCUT2D eigenvalue weighted by Gasteiger charge is 2.20. The molecule has 198 valence electrons. The van der Waals surface area contributed by atoms with Gasteiger partial charge in [0.2, 0.25) is 5.89 Å². The second-order valence-electron chi connectivity index (χ2n) is 8.58. The van der Waals surface area contributed by atoms with Gasteiger partial charge in [-0.15, -0.1) is 10.2 Å². The SMILES string of the molecule is COc1cc(OC)cc(-c2nnc(S/C(=C\c3c(C)n(Cc4ccccc4F)c4ccccc34)C(=O)O)o2)c1. The largest absolute Gasteiger partial charge is 0.497 e. The number of fused-ring (bicyclic) bond motifs is 1. The van der Waals surface area contributed by atoms with E-state index in [2.05, 4.69) is 10.2 Å². The van der Waals surface area contributed by atoms with Crippen LogP contribution in [0.5, 0.6) is 11.5 Å². The quantitative estimate of drug-likeness (QED) is 0.167. The van der Waals surface area contributed by atoms with E-state index in [0.717, 1.165) is 28.4 Å². The molecule has 8 nitrogen and oxygen atoms in total. The molecular formula is C29H24FN3O5S. The Labute approximate surface area is 227 Å². The Morgan fingerprint density at radius 1 is 1.05 bits per heavy atom. The van der Waals surface area contributed by atoms with E-state index in [9.17, 15) is 14.3 Å². The average Bonchev–Trinajstić information content (AvgIpc) is 3.52. The van der Waals surface area contributed by atoms with E-state index in [0.29, 0.717) is 34.7 Å². The summed E-state index contributed by atoms with van der Waals surface area (Å²) in [6.07, 6.45) is 1.58. The molecule has 2 aromatic heterocycles. The Kier molecular flexibility index (Phi) is 7.38. The van der Waals surface area contributed by atoms with Crippen LogP contribution in [0.1, 0.15) is 16.8 Å². The number of aliphatic carboxylic acids is 1. The summed E-state index contributed by atoms with van der Waals surface area (Å²) in [4.78, 5) is 12.3. The molecule has 0 aliphatic heterocycles. The van der Waals surface area contributed by atoms with E-state index < -0.39 is 5.97 Å². The van der Waals surface area contributed by atoms with Crippen LogP contribution in [0, 0.1) is 12.7 Å². The third kappa shape index (κ3) is 5.37. The van der Waals surface area contributed by atoms with E-state index >= 15 is 0 Å². The minimum Gasteiger partial charge on any atom is -0.497 e. The molecule has 0 radical (unpaired) electrons. The van der Waals surface area contributed by atoms with E-state index in [1.54, 1.807) is 42.5 Å². The minimum atomic E-state index is -1.15. The van der Waals surface area contributed by atoms with E-state index in [4.69, 9.17) is 13.9 Å². The van der Waals surface area contributed by atoms with Gasteiger partial charge in [-0.25, -0.2) is 9.18 Å². The third-order valence-corrected chi connectivity index (χ3v) is 7.11. The fraction of sp³-hybridized carbons (Fsp3) is 0.138. The van der Waals surface area contributed by atoms with Gasteiger partial charge in [-0.1, -0.05) is 36.4 Å². The predicted molar refractivity (Wildman–Crippen MR) is 146 cm³/mol. The molecule has 10 heteroatoms. The van der Waals surface area contributed by atoms with Crippen LogP contribution in [-0.2, 0) is 11.3 Å². The van der Waals surface area contributed by atoms with E-state index in [1.165, 1.54) is 20.3 Å². The smallest absolute Gasteiger partial charge is 0.342 e. The second kappa shape index (κ2) is 11.0. The lowest BCUT2D eigenvalue weighted by atomic mass is 10.1. The molecule has 0 aliphatic carbocycles. The molecule has 0 saturated carbocycles. The van der Waals surface area contributed by atoms with Gasteiger partial charge in [-0.3, -0.25) is 0 Å². The Bertz CT molecular complexity index is 1690. The van der Waals surface area contributed by atoms with Crippen LogP contribution in [0.3, 0.4) is 0 Å². The number of carboxylic acid groups (broad SMARTS) is 1. The van der Waals surface area contributed by atoms with Crippen molar-refractivity contribution in [1.29, 1.82) is 0 Å². The van der Waals surface area contributed by atoms with Crippen LogP contribution in [0.4, 0.5) is 4.39 Å². The van der Waals surface area contributed by atoms with Crippen molar-refractivity contribution in [3.05, 3.63) is 94.3 Å². The number of hydrogen-bond acceptors (Lipinski definition) is 7. The number of hydrogen-bond donors (Lipinski definition) is 1. The molecule has 1 N–H and O–H groups in total.